The van der Waals surface area contributed by atoms with E-state index < -0.39 is 18.0 Å². The number of esters is 1. The molecule has 0 spiro atoms. The standard InChI is InChI=1S/C29H57NO4/c1-2-3-4-5-6-7-8-9-10-11-12-13-14-15-16-17-18-19-20-21-22-23-26-34-29(33)27(30)24-25-28(31)32/h27H,2-26,30H2,1H3,(H,31,32)/t27-/m0/s1. The van der Waals surface area contributed by atoms with Crippen LogP contribution in [0.25, 0.3) is 0 Å². The van der Waals surface area contributed by atoms with Gasteiger partial charge in [-0.15, -0.1) is 0 Å². The second-order valence-electron chi connectivity index (χ2n) is 10.1. The number of aliphatic carboxylic acids is 1. The van der Waals surface area contributed by atoms with E-state index in [-0.39, 0.29) is 12.8 Å². The molecule has 0 rings (SSSR count). The quantitative estimate of drug-likeness (QED) is 0.0905. The molecular weight excluding hydrogens is 426 g/mol. The first-order chi connectivity index (χ1) is 16.6. The fourth-order valence-electron chi connectivity index (χ4n) is 4.39. The van der Waals surface area contributed by atoms with Crippen LogP contribution in [0.2, 0.25) is 0 Å². The van der Waals surface area contributed by atoms with Gasteiger partial charge >= 0.3 is 11.9 Å². The van der Waals surface area contributed by atoms with Crippen LogP contribution in [-0.2, 0) is 14.3 Å². The third-order valence-corrected chi connectivity index (χ3v) is 6.71. The number of carbonyl (C=O) groups excluding carboxylic acids is 1. The summed E-state index contributed by atoms with van der Waals surface area (Å²) in [7, 11) is 0. The predicted molar refractivity (Wildman–Crippen MR) is 143 cm³/mol. The van der Waals surface area contributed by atoms with Gasteiger partial charge in [0.25, 0.3) is 0 Å². The van der Waals surface area contributed by atoms with Crippen LogP contribution in [0.5, 0.6) is 0 Å². The van der Waals surface area contributed by atoms with E-state index in [4.69, 9.17) is 15.6 Å². The molecule has 1 atom stereocenters. The van der Waals surface area contributed by atoms with Gasteiger partial charge in [-0.2, -0.15) is 0 Å². The van der Waals surface area contributed by atoms with Gasteiger partial charge in [0.1, 0.15) is 6.04 Å². The number of hydrogen-bond donors (Lipinski definition) is 2. The Labute approximate surface area is 211 Å². The lowest BCUT2D eigenvalue weighted by molar-refractivity contribution is -0.145. The Morgan fingerprint density at radius 1 is 0.618 bits per heavy atom. The van der Waals surface area contributed by atoms with E-state index in [1.807, 2.05) is 0 Å². The number of unbranched alkanes of at least 4 members (excludes halogenated alkanes) is 21. The Bertz CT molecular complexity index is 455. The maximum atomic E-state index is 11.6. The molecule has 0 heterocycles. The molecule has 202 valence electrons. The molecule has 0 saturated heterocycles. The monoisotopic (exact) mass is 483 g/mol. The van der Waals surface area contributed by atoms with Crippen LogP contribution in [0.4, 0.5) is 0 Å². The average Bonchev–Trinajstić information content (AvgIpc) is 2.82. The maximum Gasteiger partial charge on any atom is 0.322 e. The van der Waals surface area contributed by atoms with Gasteiger partial charge in [-0.1, -0.05) is 142 Å². The van der Waals surface area contributed by atoms with E-state index in [2.05, 4.69) is 6.92 Å². The Hall–Kier alpha value is -1.10. The highest BCUT2D eigenvalue weighted by atomic mass is 16.5. The van der Waals surface area contributed by atoms with Gasteiger partial charge < -0.3 is 15.6 Å². The topological polar surface area (TPSA) is 89.6 Å². The molecule has 0 aliphatic rings. The van der Waals surface area contributed by atoms with Crippen molar-refractivity contribution in [2.24, 2.45) is 5.73 Å². The molecule has 5 heteroatoms. The van der Waals surface area contributed by atoms with Gasteiger partial charge in [0.2, 0.25) is 0 Å². The molecule has 0 unspecified atom stereocenters. The third kappa shape index (κ3) is 25.5. The van der Waals surface area contributed by atoms with Crippen molar-refractivity contribution in [2.45, 2.75) is 167 Å². The van der Waals surface area contributed by atoms with E-state index in [0.717, 1.165) is 12.8 Å². The predicted octanol–water partition coefficient (Wildman–Crippen LogP) is 8.32. The highest BCUT2D eigenvalue weighted by Gasteiger charge is 2.15. The molecular formula is C29H57NO4. The molecule has 0 bridgehead atoms. The van der Waals surface area contributed by atoms with Crippen LogP contribution < -0.4 is 5.73 Å². The third-order valence-electron chi connectivity index (χ3n) is 6.71. The Morgan fingerprint density at radius 2 is 0.941 bits per heavy atom. The van der Waals surface area contributed by atoms with Crippen molar-refractivity contribution < 1.29 is 19.4 Å². The van der Waals surface area contributed by atoms with Gasteiger partial charge in [-0.25, -0.2) is 0 Å². The number of rotatable bonds is 27. The summed E-state index contributed by atoms with van der Waals surface area (Å²) in [5, 5.41) is 8.60. The minimum Gasteiger partial charge on any atom is -0.481 e. The number of carbonyl (C=O) groups is 2. The van der Waals surface area contributed by atoms with Crippen molar-refractivity contribution >= 4 is 11.9 Å². The minimum absolute atomic E-state index is 0.102. The smallest absolute Gasteiger partial charge is 0.322 e. The molecule has 0 radical (unpaired) electrons. The van der Waals surface area contributed by atoms with Crippen LogP contribution in [0.3, 0.4) is 0 Å². The zero-order chi connectivity index (χ0) is 25.1. The Balaban J connectivity index is 3.16. The maximum absolute atomic E-state index is 11.6. The number of ether oxygens (including phenoxy) is 1. The van der Waals surface area contributed by atoms with E-state index in [1.165, 1.54) is 128 Å². The van der Waals surface area contributed by atoms with Gasteiger partial charge in [-0.05, 0) is 12.8 Å². The normalized spacial score (nSPS) is 12.1. The summed E-state index contributed by atoms with van der Waals surface area (Å²) in [6.07, 6.45) is 29.8. The van der Waals surface area contributed by atoms with E-state index >= 15 is 0 Å². The lowest BCUT2D eigenvalue weighted by Crippen LogP contribution is -2.33. The van der Waals surface area contributed by atoms with Crippen LogP contribution >= 0.6 is 0 Å². The van der Waals surface area contributed by atoms with Crippen LogP contribution in [0, 0.1) is 0 Å². The second kappa shape index (κ2) is 26.5. The van der Waals surface area contributed by atoms with Crippen molar-refractivity contribution in [1.29, 1.82) is 0 Å². The second-order valence-corrected chi connectivity index (χ2v) is 10.1. The van der Waals surface area contributed by atoms with E-state index in [9.17, 15) is 9.59 Å². The SMILES string of the molecule is CCCCCCCCCCCCCCCCCCCCCCCCOC(=O)[C@@H](N)CCC(=O)O. The molecule has 0 fully saturated rings. The largest absolute Gasteiger partial charge is 0.481 e. The summed E-state index contributed by atoms with van der Waals surface area (Å²) in [5.41, 5.74) is 5.62. The van der Waals surface area contributed by atoms with Crippen molar-refractivity contribution in [3.05, 3.63) is 0 Å². The highest BCUT2D eigenvalue weighted by Crippen LogP contribution is 2.15. The van der Waals surface area contributed by atoms with Crippen molar-refractivity contribution in [2.75, 3.05) is 6.61 Å². The average molecular weight is 484 g/mol. The Kier molecular flexibility index (Phi) is 25.6. The molecule has 0 saturated carbocycles. The zero-order valence-corrected chi connectivity index (χ0v) is 22.5. The van der Waals surface area contributed by atoms with Gasteiger partial charge in [0.15, 0.2) is 0 Å². The van der Waals surface area contributed by atoms with Gasteiger partial charge in [0, 0.05) is 6.42 Å². The summed E-state index contributed by atoms with van der Waals surface area (Å²) >= 11 is 0. The van der Waals surface area contributed by atoms with Crippen molar-refractivity contribution in [1.82, 2.24) is 0 Å². The van der Waals surface area contributed by atoms with Gasteiger partial charge in [0.05, 0.1) is 6.61 Å². The van der Waals surface area contributed by atoms with Crippen molar-refractivity contribution in [3.8, 4) is 0 Å². The first-order valence-corrected chi connectivity index (χ1v) is 14.7. The lowest BCUT2D eigenvalue weighted by atomic mass is 10.0. The summed E-state index contributed by atoms with van der Waals surface area (Å²) in [6, 6.07) is -0.823. The summed E-state index contributed by atoms with van der Waals surface area (Å²) in [6.45, 7) is 2.67. The molecule has 0 aliphatic carbocycles. The number of carboxylic acid groups (broad SMARTS) is 1. The molecule has 3 N–H and O–H groups in total. The van der Waals surface area contributed by atoms with Crippen LogP contribution in [0.1, 0.15) is 161 Å². The number of nitrogens with two attached hydrogens (primary N) is 1. The summed E-state index contributed by atoms with van der Waals surface area (Å²) < 4.78 is 5.12. The van der Waals surface area contributed by atoms with Crippen LogP contribution in [0.15, 0.2) is 0 Å². The van der Waals surface area contributed by atoms with Crippen molar-refractivity contribution in [3.63, 3.8) is 0 Å². The molecule has 0 aromatic rings. The van der Waals surface area contributed by atoms with Gasteiger partial charge in [-0.3, -0.25) is 9.59 Å². The molecule has 0 aromatic carbocycles. The first-order valence-electron chi connectivity index (χ1n) is 14.7. The summed E-state index contributed by atoms with van der Waals surface area (Å²) in [5.74, 6) is -1.42. The first kappa shape index (κ1) is 32.9. The minimum atomic E-state index is -0.942. The van der Waals surface area contributed by atoms with E-state index in [0.29, 0.717) is 6.61 Å². The molecule has 0 aromatic heterocycles. The number of carboxylic acids is 1. The Morgan fingerprint density at radius 3 is 1.26 bits per heavy atom. The molecule has 0 amide bonds. The molecule has 5 nitrogen and oxygen atoms in total. The van der Waals surface area contributed by atoms with E-state index in [1.54, 1.807) is 0 Å². The molecule has 34 heavy (non-hydrogen) atoms. The number of hydrogen-bond acceptors (Lipinski definition) is 4. The fraction of sp³-hybridized carbons (Fsp3) is 0.931. The zero-order valence-electron chi connectivity index (χ0n) is 22.5. The highest BCUT2D eigenvalue weighted by molar-refractivity contribution is 5.76. The lowest BCUT2D eigenvalue weighted by Gasteiger charge is -2.10. The fourth-order valence-corrected chi connectivity index (χ4v) is 4.39. The van der Waals surface area contributed by atoms with Crippen LogP contribution in [-0.4, -0.2) is 29.7 Å². The summed E-state index contributed by atoms with van der Waals surface area (Å²) in [4.78, 5) is 22.1. The molecule has 0 aliphatic heterocycles.